The molecule has 1 amide bonds. The van der Waals surface area contributed by atoms with Crippen molar-refractivity contribution in [3.8, 4) is 0 Å². The van der Waals surface area contributed by atoms with Gasteiger partial charge in [-0.3, -0.25) is 14.3 Å². The molecule has 1 aliphatic carbocycles. The zero-order chi connectivity index (χ0) is 19.0. The van der Waals surface area contributed by atoms with Gasteiger partial charge in [-0.15, -0.1) is 11.3 Å². The van der Waals surface area contributed by atoms with Gasteiger partial charge in [-0.05, 0) is 37.8 Å². The SMILES string of the molecule is Cc1nn(Cc2ccccc2)c2sc(C(=O)N[C@@H]3CC[C@H](C(=O)O)C3)cc12. The number of aryl methyl sites for hydroxylation is 1. The Labute approximate surface area is 160 Å². The van der Waals surface area contributed by atoms with Crippen LogP contribution in [0.1, 0.15) is 40.2 Å². The molecule has 0 radical (unpaired) electrons. The van der Waals surface area contributed by atoms with Crippen molar-refractivity contribution < 1.29 is 14.7 Å². The first-order chi connectivity index (χ1) is 13.0. The fourth-order valence-electron chi connectivity index (χ4n) is 3.68. The molecule has 6 nitrogen and oxygen atoms in total. The van der Waals surface area contributed by atoms with E-state index in [1.807, 2.05) is 35.9 Å². The van der Waals surface area contributed by atoms with Gasteiger partial charge in [0, 0.05) is 11.4 Å². The molecule has 2 N–H and O–H groups in total. The molecule has 0 aliphatic heterocycles. The Morgan fingerprint density at radius 2 is 2.07 bits per heavy atom. The second-order valence-electron chi connectivity index (χ2n) is 7.08. The molecule has 0 bridgehead atoms. The van der Waals surface area contributed by atoms with E-state index in [-0.39, 0.29) is 17.9 Å². The van der Waals surface area contributed by atoms with E-state index in [1.54, 1.807) is 0 Å². The van der Waals surface area contributed by atoms with Crippen molar-refractivity contribution in [2.75, 3.05) is 0 Å². The zero-order valence-corrected chi connectivity index (χ0v) is 15.8. The Bertz CT molecular complexity index is 993. The summed E-state index contributed by atoms with van der Waals surface area (Å²) in [6, 6.07) is 11.9. The first-order valence-corrected chi connectivity index (χ1v) is 9.87. The molecule has 1 fully saturated rings. The van der Waals surface area contributed by atoms with E-state index in [2.05, 4.69) is 22.5 Å². The molecule has 7 heteroatoms. The van der Waals surface area contributed by atoms with Crippen molar-refractivity contribution in [3.63, 3.8) is 0 Å². The van der Waals surface area contributed by atoms with E-state index in [0.717, 1.165) is 21.5 Å². The van der Waals surface area contributed by atoms with Crippen molar-refractivity contribution in [1.82, 2.24) is 15.1 Å². The van der Waals surface area contributed by atoms with Gasteiger partial charge in [-0.25, -0.2) is 0 Å². The van der Waals surface area contributed by atoms with Gasteiger partial charge in [0.2, 0.25) is 0 Å². The summed E-state index contributed by atoms with van der Waals surface area (Å²) >= 11 is 1.43. The third-order valence-electron chi connectivity index (χ3n) is 5.12. The third-order valence-corrected chi connectivity index (χ3v) is 6.27. The van der Waals surface area contributed by atoms with Crippen LogP contribution in [0.4, 0.5) is 0 Å². The Kier molecular flexibility index (Phi) is 4.70. The number of amides is 1. The minimum Gasteiger partial charge on any atom is -0.481 e. The Morgan fingerprint density at radius 1 is 1.30 bits per heavy atom. The fraction of sp³-hybridized carbons (Fsp3) is 0.350. The maximum atomic E-state index is 12.6. The summed E-state index contributed by atoms with van der Waals surface area (Å²) in [5.74, 6) is -1.25. The van der Waals surface area contributed by atoms with Crippen LogP contribution in [0.25, 0.3) is 10.2 Å². The van der Waals surface area contributed by atoms with Gasteiger partial charge in [-0.2, -0.15) is 5.10 Å². The molecule has 2 aromatic heterocycles. The highest BCUT2D eigenvalue weighted by Gasteiger charge is 2.31. The van der Waals surface area contributed by atoms with E-state index in [9.17, 15) is 9.59 Å². The number of nitrogens with zero attached hydrogens (tertiary/aromatic N) is 2. The third kappa shape index (κ3) is 3.60. The van der Waals surface area contributed by atoms with Crippen LogP contribution in [0, 0.1) is 12.8 Å². The van der Waals surface area contributed by atoms with Crippen LogP contribution < -0.4 is 5.32 Å². The van der Waals surface area contributed by atoms with Crippen LogP contribution in [0.15, 0.2) is 36.4 Å². The molecule has 0 spiro atoms. The molecule has 27 heavy (non-hydrogen) atoms. The normalized spacial score (nSPS) is 19.4. The van der Waals surface area contributed by atoms with E-state index >= 15 is 0 Å². The smallest absolute Gasteiger partial charge is 0.306 e. The molecule has 1 saturated carbocycles. The Hall–Kier alpha value is -2.67. The average Bonchev–Trinajstić information content (AvgIpc) is 3.34. The lowest BCUT2D eigenvalue weighted by atomic mass is 10.1. The van der Waals surface area contributed by atoms with E-state index in [4.69, 9.17) is 5.11 Å². The van der Waals surface area contributed by atoms with Crippen LogP contribution in [0.5, 0.6) is 0 Å². The summed E-state index contributed by atoms with van der Waals surface area (Å²) in [6.07, 6.45) is 1.85. The topological polar surface area (TPSA) is 84.2 Å². The molecule has 1 aromatic carbocycles. The number of benzene rings is 1. The standard InChI is InChI=1S/C20H21N3O3S/c1-12-16-10-17(18(24)21-15-8-7-14(9-15)20(25)26)27-19(16)23(22-12)11-13-5-3-2-4-6-13/h2-6,10,14-15H,7-9,11H2,1H3,(H,21,24)(H,25,26)/t14-,15+/m0/s1. The number of hydrogen-bond donors (Lipinski definition) is 2. The molecule has 2 heterocycles. The predicted molar refractivity (Wildman–Crippen MR) is 104 cm³/mol. The molecule has 4 rings (SSSR count). The van der Waals surface area contributed by atoms with Crippen molar-refractivity contribution >= 4 is 33.4 Å². The number of carbonyl (C=O) groups is 2. The molecule has 140 valence electrons. The lowest BCUT2D eigenvalue weighted by Gasteiger charge is -2.11. The quantitative estimate of drug-likeness (QED) is 0.707. The fourth-order valence-corrected chi connectivity index (χ4v) is 4.75. The minimum absolute atomic E-state index is 0.0641. The number of aromatic nitrogens is 2. The molecule has 2 atom stereocenters. The summed E-state index contributed by atoms with van der Waals surface area (Å²) in [5.41, 5.74) is 2.06. The molecule has 1 aliphatic rings. The van der Waals surface area contributed by atoms with E-state index in [0.29, 0.717) is 30.7 Å². The summed E-state index contributed by atoms with van der Waals surface area (Å²) in [5, 5.41) is 17.7. The van der Waals surface area contributed by atoms with Gasteiger partial charge in [-0.1, -0.05) is 30.3 Å². The van der Waals surface area contributed by atoms with Crippen molar-refractivity contribution in [2.45, 2.75) is 38.8 Å². The van der Waals surface area contributed by atoms with Gasteiger partial charge in [0.1, 0.15) is 4.83 Å². The lowest BCUT2D eigenvalue weighted by molar-refractivity contribution is -0.141. The van der Waals surface area contributed by atoms with Gasteiger partial charge in [0.25, 0.3) is 5.91 Å². The number of hydrogen-bond acceptors (Lipinski definition) is 4. The van der Waals surface area contributed by atoms with Crippen LogP contribution in [-0.4, -0.2) is 32.8 Å². The summed E-state index contributed by atoms with van der Waals surface area (Å²) in [4.78, 5) is 25.4. The molecule has 3 aromatic rings. The Morgan fingerprint density at radius 3 is 2.78 bits per heavy atom. The number of rotatable bonds is 5. The van der Waals surface area contributed by atoms with Gasteiger partial charge in [0.05, 0.1) is 23.0 Å². The van der Waals surface area contributed by atoms with Crippen LogP contribution in [0.3, 0.4) is 0 Å². The first-order valence-electron chi connectivity index (χ1n) is 9.06. The van der Waals surface area contributed by atoms with Crippen LogP contribution >= 0.6 is 11.3 Å². The monoisotopic (exact) mass is 383 g/mol. The number of aliphatic carboxylic acids is 1. The molecular weight excluding hydrogens is 362 g/mol. The molecular formula is C20H21N3O3S. The average molecular weight is 383 g/mol. The summed E-state index contributed by atoms with van der Waals surface area (Å²) < 4.78 is 1.94. The van der Waals surface area contributed by atoms with Gasteiger partial charge in [0.15, 0.2) is 0 Å². The second-order valence-corrected chi connectivity index (χ2v) is 8.11. The number of carboxylic acid groups (broad SMARTS) is 1. The first kappa shape index (κ1) is 17.7. The number of fused-ring (bicyclic) bond motifs is 1. The number of thiophene rings is 1. The second kappa shape index (κ2) is 7.15. The predicted octanol–water partition coefficient (Wildman–Crippen LogP) is 3.44. The molecule has 0 saturated heterocycles. The summed E-state index contributed by atoms with van der Waals surface area (Å²) in [7, 11) is 0. The number of carboxylic acids is 1. The molecule has 0 unspecified atom stereocenters. The number of carbonyl (C=O) groups excluding carboxylic acids is 1. The summed E-state index contributed by atoms with van der Waals surface area (Å²) in [6.45, 7) is 2.61. The number of nitrogens with one attached hydrogen (secondary N) is 1. The lowest BCUT2D eigenvalue weighted by Crippen LogP contribution is -2.32. The maximum Gasteiger partial charge on any atom is 0.306 e. The van der Waals surface area contributed by atoms with Crippen molar-refractivity contribution in [1.29, 1.82) is 0 Å². The van der Waals surface area contributed by atoms with Crippen molar-refractivity contribution in [2.24, 2.45) is 5.92 Å². The largest absolute Gasteiger partial charge is 0.481 e. The highest BCUT2D eigenvalue weighted by atomic mass is 32.1. The van der Waals surface area contributed by atoms with Crippen LogP contribution in [-0.2, 0) is 11.3 Å². The van der Waals surface area contributed by atoms with Gasteiger partial charge >= 0.3 is 5.97 Å². The Balaban J connectivity index is 1.52. The van der Waals surface area contributed by atoms with Crippen molar-refractivity contribution in [3.05, 3.63) is 52.5 Å². The maximum absolute atomic E-state index is 12.6. The van der Waals surface area contributed by atoms with Gasteiger partial charge < -0.3 is 10.4 Å². The minimum atomic E-state index is -0.773. The van der Waals surface area contributed by atoms with Crippen LogP contribution in [0.2, 0.25) is 0 Å². The highest BCUT2D eigenvalue weighted by molar-refractivity contribution is 7.20. The van der Waals surface area contributed by atoms with E-state index in [1.165, 1.54) is 11.3 Å². The zero-order valence-electron chi connectivity index (χ0n) is 15.0. The van der Waals surface area contributed by atoms with E-state index < -0.39 is 5.97 Å². The highest BCUT2D eigenvalue weighted by Crippen LogP contribution is 2.30.